The van der Waals surface area contributed by atoms with Crippen LogP contribution in [0.5, 0.6) is 0 Å². The number of para-hydroxylation sites is 1. The summed E-state index contributed by atoms with van der Waals surface area (Å²) in [4.78, 5) is 0. The van der Waals surface area contributed by atoms with E-state index in [1.807, 2.05) is 0 Å². The smallest absolute Gasteiger partial charge is 0.272 e. The molecular formula is C9H10N4O3S. The number of aliphatic hydroxyl groups excluding tert-OH is 1. The van der Waals surface area contributed by atoms with E-state index in [1.54, 1.807) is 30.3 Å². The third-order valence-corrected chi connectivity index (χ3v) is 3.61. The van der Waals surface area contributed by atoms with Crippen molar-refractivity contribution in [3.8, 4) is 5.69 Å². The Morgan fingerprint density at radius 1 is 1.24 bits per heavy atom. The Balaban J connectivity index is 2.50. The lowest BCUT2D eigenvalue weighted by Gasteiger charge is -2.03. The van der Waals surface area contributed by atoms with Crippen molar-refractivity contribution in [3.63, 3.8) is 0 Å². The number of hydrogen-bond donors (Lipinski definition) is 1. The highest BCUT2D eigenvalue weighted by molar-refractivity contribution is 7.91. The maximum Gasteiger partial charge on any atom is 0.272 e. The molecule has 7 nitrogen and oxygen atoms in total. The summed E-state index contributed by atoms with van der Waals surface area (Å²) < 4.78 is 24.7. The summed E-state index contributed by atoms with van der Waals surface area (Å²) in [5.41, 5.74) is 0.550. The quantitative estimate of drug-likeness (QED) is 0.784. The van der Waals surface area contributed by atoms with Gasteiger partial charge in [-0.25, -0.2) is 8.42 Å². The van der Waals surface area contributed by atoms with Crippen molar-refractivity contribution in [2.45, 2.75) is 5.16 Å². The van der Waals surface area contributed by atoms with Gasteiger partial charge < -0.3 is 5.11 Å². The van der Waals surface area contributed by atoms with Gasteiger partial charge in [0.1, 0.15) is 0 Å². The zero-order valence-electron chi connectivity index (χ0n) is 8.76. The summed E-state index contributed by atoms with van der Waals surface area (Å²) in [6, 6.07) is 8.68. The molecule has 1 aromatic carbocycles. The molecule has 8 heteroatoms. The zero-order chi connectivity index (χ0) is 12.3. The first-order valence-electron chi connectivity index (χ1n) is 4.82. The molecule has 0 saturated carbocycles. The highest BCUT2D eigenvalue weighted by Gasteiger charge is 2.22. The summed E-state index contributed by atoms with van der Waals surface area (Å²) >= 11 is 0. The number of nitrogens with zero attached hydrogens (tertiary/aromatic N) is 4. The summed E-state index contributed by atoms with van der Waals surface area (Å²) in [5.74, 6) is -0.403. The van der Waals surface area contributed by atoms with Gasteiger partial charge >= 0.3 is 0 Å². The topological polar surface area (TPSA) is 98.0 Å². The van der Waals surface area contributed by atoms with Gasteiger partial charge in [-0.15, -0.1) is 0 Å². The van der Waals surface area contributed by atoms with Crippen LogP contribution in [-0.4, -0.2) is 46.1 Å². The minimum Gasteiger partial charge on any atom is -0.395 e. The van der Waals surface area contributed by atoms with Gasteiger partial charge in [0, 0.05) is 0 Å². The molecular weight excluding hydrogens is 244 g/mol. The zero-order valence-corrected chi connectivity index (χ0v) is 9.58. The van der Waals surface area contributed by atoms with E-state index in [-0.39, 0.29) is 5.16 Å². The number of aliphatic hydroxyl groups is 1. The molecule has 0 atom stereocenters. The van der Waals surface area contributed by atoms with Crippen LogP contribution >= 0.6 is 0 Å². The van der Waals surface area contributed by atoms with E-state index in [2.05, 4.69) is 15.5 Å². The van der Waals surface area contributed by atoms with Gasteiger partial charge in [-0.05, 0) is 22.6 Å². The molecule has 90 valence electrons. The lowest BCUT2D eigenvalue weighted by atomic mass is 10.3. The Kier molecular flexibility index (Phi) is 3.16. The van der Waals surface area contributed by atoms with Crippen molar-refractivity contribution in [1.29, 1.82) is 0 Å². The Labute approximate surface area is 97.6 Å². The second-order valence-corrected chi connectivity index (χ2v) is 5.25. The first-order valence-corrected chi connectivity index (χ1v) is 6.48. The molecule has 1 heterocycles. The number of tetrazole rings is 1. The summed E-state index contributed by atoms with van der Waals surface area (Å²) in [5, 5.41) is 18.9. The predicted molar refractivity (Wildman–Crippen MR) is 58.3 cm³/mol. The highest BCUT2D eigenvalue weighted by atomic mass is 32.2. The molecule has 2 aromatic rings. The third-order valence-electron chi connectivity index (χ3n) is 2.08. The van der Waals surface area contributed by atoms with E-state index in [0.29, 0.717) is 5.69 Å². The van der Waals surface area contributed by atoms with E-state index in [0.717, 1.165) is 4.68 Å². The fourth-order valence-electron chi connectivity index (χ4n) is 1.32. The van der Waals surface area contributed by atoms with E-state index in [1.165, 1.54) is 0 Å². The molecule has 0 amide bonds. The lowest BCUT2D eigenvalue weighted by Crippen LogP contribution is -2.16. The summed E-state index contributed by atoms with van der Waals surface area (Å²) in [6.45, 7) is -0.468. The Bertz CT molecular complexity index is 594. The van der Waals surface area contributed by atoms with Crippen molar-refractivity contribution in [1.82, 2.24) is 20.2 Å². The normalized spacial score (nSPS) is 11.6. The van der Waals surface area contributed by atoms with Gasteiger partial charge in [-0.2, -0.15) is 4.68 Å². The third kappa shape index (κ3) is 2.32. The average Bonchev–Trinajstić information content (AvgIpc) is 2.79. The minimum absolute atomic E-state index is 0.266. The van der Waals surface area contributed by atoms with Crippen LogP contribution in [0, 0.1) is 0 Å². The standard InChI is InChI=1S/C9H10N4O3S/c14-6-7-17(15,16)9-10-11-12-13(9)8-4-2-1-3-5-8/h1-5,14H,6-7H2. The predicted octanol–water partition coefficient (Wildman–Crippen LogP) is -0.572. The van der Waals surface area contributed by atoms with Crippen molar-refractivity contribution < 1.29 is 13.5 Å². The number of benzene rings is 1. The molecule has 0 aliphatic heterocycles. The lowest BCUT2D eigenvalue weighted by molar-refractivity contribution is 0.319. The van der Waals surface area contributed by atoms with E-state index in [4.69, 9.17) is 5.11 Å². The van der Waals surface area contributed by atoms with E-state index >= 15 is 0 Å². The molecule has 1 N–H and O–H groups in total. The Hall–Kier alpha value is -1.80. The van der Waals surface area contributed by atoms with Crippen LogP contribution in [-0.2, 0) is 9.84 Å². The molecule has 0 aliphatic carbocycles. The van der Waals surface area contributed by atoms with Crippen molar-refractivity contribution in [3.05, 3.63) is 30.3 Å². The molecule has 1 aromatic heterocycles. The molecule has 0 unspecified atom stereocenters. The van der Waals surface area contributed by atoms with Gasteiger partial charge in [0.25, 0.3) is 5.16 Å². The molecule has 17 heavy (non-hydrogen) atoms. The van der Waals surface area contributed by atoms with Crippen molar-refractivity contribution in [2.75, 3.05) is 12.4 Å². The average molecular weight is 254 g/mol. The minimum atomic E-state index is -3.67. The first kappa shape index (κ1) is 11.7. The number of rotatable bonds is 4. The maximum atomic E-state index is 11.8. The van der Waals surface area contributed by atoms with E-state index < -0.39 is 22.2 Å². The van der Waals surface area contributed by atoms with Crippen LogP contribution in [0.3, 0.4) is 0 Å². The van der Waals surface area contributed by atoms with Crippen molar-refractivity contribution in [2.24, 2.45) is 0 Å². The number of hydrogen-bond acceptors (Lipinski definition) is 6. The van der Waals surface area contributed by atoms with Gasteiger partial charge in [0.15, 0.2) is 0 Å². The summed E-state index contributed by atoms with van der Waals surface area (Å²) in [7, 11) is -3.67. The van der Waals surface area contributed by atoms with Crippen LogP contribution in [0.1, 0.15) is 0 Å². The maximum absolute atomic E-state index is 11.8. The second kappa shape index (κ2) is 4.60. The van der Waals surface area contributed by atoms with Crippen LogP contribution in [0.25, 0.3) is 5.69 Å². The number of sulfone groups is 1. The highest BCUT2D eigenvalue weighted by Crippen LogP contribution is 2.12. The van der Waals surface area contributed by atoms with Gasteiger partial charge in [0.05, 0.1) is 18.0 Å². The van der Waals surface area contributed by atoms with Gasteiger partial charge in [-0.3, -0.25) is 0 Å². The van der Waals surface area contributed by atoms with Crippen LogP contribution in [0.4, 0.5) is 0 Å². The van der Waals surface area contributed by atoms with Crippen LogP contribution < -0.4 is 0 Å². The second-order valence-electron chi connectivity index (χ2n) is 3.25. The first-order chi connectivity index (χ1) is 8.15. The fourth-order valence-corrected chi connectivity index (χ4v) is 2.30. The molecule has 0 saturated heterocycles. The molecule has 0 aliphatic rings. The number of aromatic nitrogens is 4. The van der Waals surface area contributed by atoms with Gasteiger partial charge in [0.2, 0.25) is 9.84 Å². The SMILES string of the molecule is O=S(=O)(CCO)c1nnnn1-c1ccccc1. The Morgan fingerprint density at radius 3 is 2.59 bits per heavy atom. The molecule has 0 radical (unpaired) electrons. The van der Waals surface area contributed by atoms with Crippen LogP contribution in [0.2, 0.25) is 0 Å². The Morgan fingerprint density at radius 2 is 1.94 bits per heavy atom. The van der Waals surface area contributed by atoms with E-state index in [9.17, 15) is 8.42 Å². The molecule has 0 fully saturated rings. The fraction of sp³-hybridized carbons (Fsp3) is 0.222. The molecule has 0 spiro atoms. The largest absolute Gasteiger partial charge is 0.395 e. The van der Waals surface area contributed by atoms with Gasteiger partial charge in [-0.1, -0.05) is 23.3 Å². The monoisotopic (exact) mass is 254 g/mol. The molecule has 2 rings (SSSR count). The van der Waals surface area contributed by atoms with Crippen LogP contribution in [0.15, 0.2) is 35.5 Å². The summed E-state index contributed by atoms with van der Waals surface area (Å²) in [6.07, 6.45) is 0. The van der Waals surface area contributed by atoms with Crippen molar-refractivity contribution >= 4 is 9.84 Å². The molecule has 0 bridgehead atoms.